The van der Waals surface area contributed by atoms with E-state index in [2.05, 4.69) is 15.5 Å². The second kappa shape index (κ2) is 8.53. The second-order valence-electron chi connectivity index (χ2n) is 5.61. The number of ether oxygens (including phenoxy) is 1. The third-order valence-electron chi connectivity index (χ3n) is 3.80. The summed E-state index contributed by atoms with van der Waals surface area (Å²) in [4.78, 5) is 12.1. The first-order valence-electron chi connectivity index (χ1n) is 8.19. The molecule has 26 heavy (non-hydrogen) atoms. The zero-order valence-corrected chi connectivity index (χ0v) is 15.5. The van der Waals surface area contributed by atoms with Crippen LogP contribution in [0.5, 0.6) is 5.75 Å². The summed E-state index contributed by atoms with van der Waals surface area (Å²) in [6, 6.07) is 17.2. The molecule has 0 radical (unpaired) electrons. The molecule has 0 bridgehead atoms. The Labute approximate surface area is 156 Å². The van der Waals surface area contributed by atoms with Crippen LogP contribution in [0.2, 0.25) is 0 Å². The largest absolute Gasteiger partial charge is 0.497 e. The first-order valence-corrected chi connectivity index (χ1v) is 9.17. The van der Waals surface area contributed by atoms with Crippen LogP contribution < -0.4 is 10.1 Å². The lowest BCUT2D eigenvalue weighted by Gasteiger charge is -2.06. The Kier molecular flexibility index (Phi) is 5.91. The van der Waals surface area contributed by atoms with Crippen molar-refractivity contribution in [3.05, 3.63) is 54.6 Å². The maximum atomic E-state index is 12.1. The van der Waals surface area contributed by atoms with Crippen molar-refractivity contribution in [1.29, 1.82) is 0 Å². The molecule has 1 amide bonds. The van der Waals surface area contributed by atoms with Crippen LogP contribution in [0.4, 0.5) is 5.69 Å². The number of amides is 1. The van der Waals surface area contributed by atoms with Crippen molar-refractivity contribution in [1.82, 2.24) is 14.8 Å². The van der Waals surface area contributed by atoms with Gasteiger partial charge in [-0.15, -0.1) is 10.2 Å². The highest BCUT2D eigenvalue weighted by Gasteiger charge is 2.11. The smallest absolute Gasteiger partial charge is 0.225 e. The van der Waals surface area contributed by atoms with Gasteiger partial charge in [0, 0.05) is 30.5 Å². The normalized spacial score (nSPS) is 10.5. The summed E-state index contributed by atoms with van der Waals surface area (Å²) in [7, 11) is 3.54. The van der Waals surface area contributed by atoms with Gasteiger partial charge in [0.25, 0.3) is 0 Å². The number of hydrogen-bond donors (Lipinski definition) is 1. The Hall–Kier alpha value is -2.80. The number of nitrogens with zero attached hydrogens (tertiary/aromatic N) is 3. The topological polar surface area (TPSA) is 69.0 Å². The first-order chi connectivity index (χ1) is 12.7. The Balaban J connectivity index is 1.51. The van der Waals surface area contributed by atoms with Gasteiger partial charge in [0.15, 0.2) is 11.0 Å². The number of aromatic nitrogens is 3. The number of benzene rings is 2. The highest BCUT2D eigenvalue weighted by atomic mass is 32.2. The number of hydrogen-bond acceptors (Lipinski definition) is 5. The van der Waals surface area contributed by atoms with E-state index in [1.54, 1.807) is 7.11 Å². The molecule has 7 heteroatoms. The molecule has 0 fully saturated rings. The molecule has 1 N–H and O–H groups in total. The van der Waals surface area contributed by atoms with Gasteiger partial charge in [0.1, 0.15) is 5.75 Å². The summed E-state index contributed by atoms with van der Waals surface area (Å²) < 4.78 is 7.05. The number of thioether (sulfide) groups is 1. The molecular formula is C19H20N4O2S. The van der Waals surface area contributed by atoms with Crippen molar-refractivity contribution in [2.24, 2.45) is 7.05 Å². The van der Waals surface area contributed by atoms with E-state index in [0.717, 1.165) is 28.0 Å². The minimum Gasteiger partial charge on any atom is -0.497 e. The van der Waals surface area contributed by atoms with Gasteiger partial charge in [0.2, 0.25) is 5.91 Å². The van der Waals surface area contributed by atoms with E-state index in [4.69, 9.17) is 4.74 Å². The fourth-order valence-electron chi connectivity index (χ4n) is 2.41. The van der Waals surface area contributed by atoms with Crippen LogP contribution in [0.15, 0.2) is 59.8 Å². The van der Waals surface area contributed by atoms with Gasteiger partial charge in [-0.1, -0.05) is 42.1 Å². The molecule has 0 unspecified atom stereocenters. The van der Waals surface area contributed by atoms with E-state index < -0.39 is 0 Å². The molecule has 3 rings (SSSR count). The van der Waals surface area contributed by atoms with Crippen molar-refractivity contribution in [3.63, 3.8) is 0 Å². The molecule has 3 aromatic rings. The zero-order chi connectivity index (χ0) is 18.4. The fourth-order valence-corrected chi connectivity index (χ4v) is 3.26. The van der Waals surface area contributed by atoms with E-state index in [1.807, 2.05) is 66.2 Å². The lowest BCUT2D eigenvalue weighted by Crippen LogP contribution is -2.12. The van der Waals surface area contributed by atoms with E-state index in [9.17, 15) is 4.79 Å². The van der Waals surface area contributed by atoms with Crippen LogP contribution in [0.1, 0.15) is 6.42 Å². The van der Waals surface area contributed by atoms with Crippen molar-refractivity contribution in [3.8, 4) is 17.1 Å². The van der Waals surface area contributed by atoms with Crippen molar-refractivity contribution in [2.45, 2.75) is 11.6 Å². The van der Waals surface area contributed by atoms with Crippen LogP contribution in [-0.2, 0) is 11.8 Å². The molecule has 0 aliphatic heterocycles. The van der Waals surface area contributed by atoms with E-state index in [1.165, 1.54) is 11.8 Å². The number of carbonyl (C=O) groups excluding carboxylic acids is 1. The Bertz CT molecular complexity index is 863. The minimum absolute atomic E-state index is 0.0341. The molecular weight excluding hydrogens is 348 g/mol. The minimum atomic E-state index is -0.0341. The summed E-state index contributed by atoms with van der Waals surface area (Å²) in [6.07, 6.45) is 0.393. The predicted octanol–water partition coefficient (Wildman–Crippen LogP) is 3.61. The number of methoxy groups -OCH3 is 1. The summed E-state index contributed by atoms with van der Waals surface area (Å²) in [5, 5.41) is 12.1. The van der Waals surface area contributed by atoms with Gasteiger partial charge in [-0.3, -0.25) is 4.79 Å². The number of rotatable bonds is 7. The van der Waals surface area contributed by atoms with Gasteiger partial charge in [-0.05, 0) is 24.3 Å². The Morgan fingerprint density at radius 3 is 2.54 bits per heavy atom. The zero-order valence-electron chi connectivity index (χ0n) is 14.7. The van der Waals surface area contributed by atoms with Crippen LogP contribution in [0.25, 0.3) is 11.4 Å². The van der Waals surface area contributed by atoms with Crippen molar-refractivity contribution < 1.29 is 9.53 Å². The van der Waals surface area contributed by atoms with Gasteiger partial charge < -0.3 is 14.6 Å². The predicted molar refractivity (Wildman–Crippen MR) is 103 cm³/mol. The summed E-state index contributed by atoms with van der Waals surface area (Å²) in [5.41, 5.74) is 1.78. The number of nitrogens with one attached hydrogen (secondary N) is 1. The fraction of sp³-hybridized carbons (Fsp3) is 0.211. The van der Waals surface area contributed by atoms with E-state index in [0.29, 0.717) is 12.2 Å². The maximum absolute atomic E-state index is 12.1. The monoisotopic (exact) mass is 368 g/mol. The Morgan fingerprint density at radius 2 is 1.85 bits per heavy atom. The standard InChI is InChI=1S/C19H20N4O2S/c1-23-18(14-6-4-3-5-7-14)21-22-19(23)26-13-12-17(24)20-15-8-10-16(25-2)11-9-15/h3-11H,12-13H2,1-2H3,(H,20,24). The lowest BCUT2D eigenvalue weighted by molar-refractivity contribution is -0.115. The molecule has 0 saturated carbocycles. The second-order valence-corrected chi connectivity index (χ2v) is 6.67. The third kappa shape index (κ3) is 4.43. The van der Waals surface area contributed by atoms with E-state index >= 15 is 0 Å². The van der Waals surface area contributed by atoms with E-state index in [-0.39, 0.29) is 5.91 Å². The van der Waals surface area contributed by atoms with Gasteiger partial charge in [-0.2, -0.15) is 0 Å². The van der Waals surface area contributed by atoms with Crippen LogP contribution in [0, 0.1) is 0 Å². The average Bonchev–Trinajstić information content (AvgIpc) is 3.04. The molecule has 0 spiro atoms. The number of carbonyl (C=O) groups is 1. The lowest BCUT2D eigenvalue weighted by atomic mass is 10.2. The van der Waals surface area contributed by atoms with Crippen LogP contribution in [-0.4, -0.2) is 33.5 Å². The molecule has 1 heterocycles. The molecule has 0 aliphatic rings. The Morgan fingerprint density at radius 1 is 1.12 bits per heavy atom. The SMILES string of the molecule is COc1ccc(NC(=O)CCSc2nnc(-c3ccccc3)n2C)cc1. The van der Waals surface area contributed by atoms with Crippen molar-refractivity contribution >= 4 is 23.4 Å². The van der Waals surface area contributed by atoms with Crippen LogP contribution in [0.3, 0.4) is 0 Å². The van der Waals surface area contributed by atoms with Gasteiger partial charge in [-0.25, -0.2) is 0 Å². The molecule has 6 nitrogen and oxygen atoms in total. The average molecular weight is 368 g/mol. The van der Waals surface area contributed by atoms with Gasteiger partial charge in [0.05, 0.1) is 7.11 Å². The number of anilines is 1. The summed E-state index contributed by atoms with van der Waals surface area (Å²) in [6.45, 7) is 0. The maximum Gasteiger partial charge on any atom is 0.225 e. The summed E-state index contributed by atoms with van der Waals surface area (Å²) in [5.74, 6) is 2.17. The molecule has 134 valence electrons. The molecule has 0 atom stereocenters. The quantitative estimate of drug-likeness (QED) is 0.645. The molecule has 1 aromatic heterocycles. The summed E-state index contributed by atoms with van der Waals surface area (Å²) >= 11 is 1.52. The van der Waals surface area contributed by atoms with Crippen LogP contribution >= 0.6 is 11.8 Å². The molecule has 0 saturated heterocycles. The highest BCUT2D eigenvalue weighted by molar-refractivity contribution is 7.99. The molecule has 2 aromatic carbocycles. The first kappa shape index (κ1) is 18.0. The third-order valence-corrected chi connectivity index (χ3v) is 4.82. The van der Waals surface area contributed by atoms with Gasteiger partial charge >= 0.3 is 0 Å². The van der Waals surface area contributed by atoms with Crippen molar-refractivity contribution in [2.75, 3.05) is 18.2 Å². The highest BCUT2D eigenvalue weighted by Crippen LogP contribution is 2.23. The molecule has 0 aliphatic carbocycles.